The summed E-state index contributed by atoms with van der Waals surface area (Å²) in [5.41, 5.74) is 6.48. The first-order chi connectivity index (χ1) is 9.54. The number of carbonyl (C=O) groups excluding carboxylic acids is 1. The van der Waals surface area contributed by atoms with Gasteiger partial charge in [0.15, 0.2) is 0 Å². The Morgan fingerprint density at radius 2 is 2.20 bits per heavy atom. The van der Waals surface area contributed by atoms with E-state index in [0.29, 0.717) is 5.82 Å². The van der Waals surface area contributed by atoms with Crippen molar-refractivity contribution in [3.8, 4) is 0 Å². The third-order valence-electron chi connectivity index (χ3n) is 3.63. The van der Waals surface area contributed by atoms with Crippen LogP contribution < -0.4 is 16.0 Å². The molecule has 1 aliphatic rings. The lowest BCUT2D eigenvalue weighted by molar-refractivity contribution is -0.119. The van der Waals surface area contributed by atoms with Crippen molar-refractivity contribution in [1.82, 2.24) is 9.97 Å². The Morgan fingerprint density at radius 1 is 1.45 bits per heavy atom. The zero-order valence-electron chi connectivity index (χ0n) is 12.4. The Labute approximate surface area is 119 Å². The van der Waals surface area contributed by atoms with Crippen molar-refractivity contribution in [1.29, 1.82) is 0 Å². The van der Waals surface area contributed by atoms with Gasteiger partial charge in [0.2, 0.25) is 5.91 Å². The van der Waals surface area contributed by atoms with Crippen molar-refractivity contribution in [3.05, 3.63) is 11.4 Å². The lowest BCUT2D eigenvalue weighted by Crippen LogP contribution is -2.41. The molecule has 0 saturated carbocycles. The maximum absolute atomic E-state index is 11.6. The Morgan fingerprint density at radius 3 is 2.85 bits per heavy atom. The molecule has 1 amide bonds. The molecule has 2 rings (SSSR count). The normalized spacial score (nSPS) is 18.4. The molecule has 1 aromatic rings. The number of primary amides is 1. The quantitative estimate of drug-likeness (QED) is 0.849. The first kappa shape index (κ1) is 14.6. The molecule has 0 aliphatic carbocycles. The van der Waals surface area contributed by atoms with E-state index in [9.17, 15) is 4.79 Å². The van der Waals surface area contributed by atoms with Gasteiger partial charge in [-0.2, -0.15) is 0 Å². The molecule has 1 fully saturated rings. The highest BCUT2D eigenvalue weighted by Gasteiger charge is 2.31. The summed E-state index contributed by atoms with van der Waals surface area (Å²) in [7, 11) is 0. The van der Waals surface area contributed by atoms with E-state index in [0.717, 1.165) is 49.6 Å². The summed E-state index contributed by atoms with van der Waals surface area (Å²) in [5.74, 6) is 2.11. The van der Waals surface area contributed by atoms with Crippen LogP contribution in [0.1, 0.15) is 37.6 Å². The van der Waals surface area contributed by atoms with Crippen LogP contribution in [-0.2, 0) is 4.79 Å². The van der Waals surface area contributed by atoms with E-state index in [1.807, 2.05) is 18.7 Å². The highest BCUT2D eigenvalue weighted by atomic mass is 16.1. The maximum atomic E-state index is 11.6. The van der Waals surface area contributed by atoms with Crippen LogP contribution in [0, 0.1) is 13.8 Å². The molecule has 0 radical (unpaired) electrons. The van der Waals surface area contributed by atoms with Gasteiger partial charge in [-0.15, -0.1) is 0 Å². The second-order valence-electron chi connectivity index (χ2n) is 5.25. The summed E-state index contributed by atoms with van der Waals surface area (Å²) >= 11 is 0. The molecule has 6 heteroatoms. The van der Waals surface area contributed by atoms with E-state index >= 15 is 0 Å². The van der Waals surface area contributed by atoms with Crippen LogP contribution >= 0.6 is 0 Å². The van der Waals surface area contributed by atoms with Crippen molar-refractivity contribution in [3.63, 3.8) is 0 Å². The summed E-state index contributed by atoms with van der Waals surface area (Å²) in [6.45, 7) is 7.66. The minimum absolute atomic E-state index is 0.248. The van der Waals surface area contributed by atoms with Crippen LogP contribution in [-0.4, -0.2) is 35.0 Å². The number of hydrogen-bond donors (Lipinski definition) is 2. The number of rotatable bonds is 5. The average molecular weight is 277 g/mol. The molecule has 1 unspecified atom stereocenters. The molecule has 0 spiro atoms. The predicted octanol–water partition coefficient (Wildman–Crippen LogP) is 1.37. The topological polar surface area (TPSA) is 84.1 Å². The largest absolute Gasteiger partial charge is 0.370 e. The number of amides is 1. The van der Waals surface area contributed by atoms with Crippen molar-refractivity contribution >= 4 is 17.5 Å². The average Bonchev–Trinajstić information content (AvgIpc) is 2.88. The van der Waals surface area contributed by atoms with Gasteiger partial charge < -0.3 is 16.0 Å². The van der Waals surface area contributed by atoms with Gasteiger partial charge in [-0.25, -0.2) is 9.97 Å². The van der Waals surface area contributed by atoms with E-state index in [1.165, 1.54) is 0 Å². The number of hydrogen-bond acceptors (Lipinski definition) is 5. The highest BCUT2D eigenvalue weighted by molar-refractivity contribution is 5.84. The minimum Gasteiger partial charge on any atom is -0.370 e. The first-order valence-electron chi connectivity index (χ1n) is 7.19. The first-order valence-corrected chi connectivity index (χ1v) is 7.19. The van der Waals surface area contributed by atoms with E-state index < -0.39 is 0 Å². The van der Waals surface area contributed by atoms with E-state index in [2.05, 4.69) is 22.2 Å². The Balaban J connectivity index is 2.35. The number of aryl methyl sites for hydroxylation is 1. The monoisotopic (exact) mass is 277 g/mol. The van der Waals surface area contributed by atoms with Gasteiger partial charge in [-0.05, 0) is 33.1 Å². The summed E-state index contributed by atoms with van der Waals surface area (Å²) < 4.78 is 0. The van der Waals surface area contributed by atoms with Gasteiger partial charge in [0.1, 0.15) is 23.5 Å². The predicted molar refractivity (Wildman–Crippen MR) is 79.8 cm³/mol. The summed E-state index contributed by atoms with van der Waals surface area (Å²) in [6, 6.07) is -0.248. The Kier molecular flexibility index (Phi) is 4.42. The molecular weight excluding hydrogens is 254 g/mol. The van der Waals surface area contributed by atoms with Crippen LogP contribution in [0.2, 0.25) is 0 Å². The second kappa shape index (κ2) is 6.07. The molecule has 6 nitrogen and oxygen atoms in total. The number of nitrogens with two attached hydrogens (primary N) is 1. The SMILES string of the molecule is CCCNc1nc(C)nc(N2CCCC2C(N)=O)c1C. The molecule has 1 saturated heterocycles. The van der Waals surface area contributed by atoms with Gasteiger partial charge in [-0.3, -0.25) is 4.79 Å². The van der Waals surface area contributed by atoms with Gasteiger partial charge in [0.25, 0.3) is 0 Å². The smallest absolute Gasteiger partial charge is 0.240 e. The van der Waals surface area contributed by atoms with Crippen molar-refractivity contribution in [2.75, 3.05) is 23.3 Å². The molecule has 1 aromatic heterocycles. The molecule has 0 bridgehead atoms. The van der Waals surface area contributed by atoms with Crippen LogP contribution in [0.5, 0.6) is 0 Å². The minimum atomic E-state index is -0.277. The van der Waals surface area contributed by atoms with E-state index in [4.69, 9.17) is 5.73 Å². The van der Waals surface area contributed by atoms with Gasteiger partial charge in [-0.1, -0.05) is 6.92 Å². The van der Waals surface area contributed by atoms with Crippen molar-refractivity contribution in [2.24, 2.45) is 5.73 Å². The zero-order valence-corrected chi connectivity index (χ0v) is 12.4. The van der Waals surface area contributed by atoms with Crippen molar-refractivity contribution < 1.29 is 4.79 Å². The number of nitrogens with one attached hydrogen (secondary N) is 1. The second-order valence-corrected chi connectivity index (χ2v) is 5.25. The molecule has 110 valence electrons. The highest BCUT2D eigenvalue weighted by Crippen LogP contribution is 2.29. The fourth-order valence-electron chi connectivity index (χ4n) is 2.62. The summed E-state index contributed by atoms with van der Waals surface area (Å²) in [5, 5.41) is 3.32. The maximum Gasteiger partial charge on any atom is 0.240 e. The fraction of sp³-hybridized carbons (Fsp3) is 0.643. The van der Waals surface area contributed by atoms with Crippen LogP contribution in [0.3, 0.4) is 0 Å². The molecule has 2 heterocycles. The Bertz CT molecular complexity index is 503. The number of anilines is 2. The molecular formula is C14H23N5O. The van der Waals surface area contributed by atoms with E-state index in [-0.39, 0.29) is 11.9 Å². The number of nitrogens with zero attached hydrogens (tertiary/aromatic N) is 3. The van der Waals surface area contributed by atoms with Crippen molar-refractivity contribution in [2.45, 2.75) is 46.1 Å². The zero-order chi connectivity index (χ0) is 14.7. The van der Waals surface area contributed by atoms with Gasteiger partial charge >= 0.3 is 0 Å². The Hall–Kier alpha value is -1.85. The van der Waals surface area contributed by atoms with Crippen LogP contribution in [0.25, 0.3) is 0 Å². The number of aromatic nitrogens is 2. The molecule has 1 aliphatic heterocycles. The molecule has 0 aromatic carbocycles. The standard InChI is InChI=1S/C14H23N5O/c1-4-7-16-13-9(2)14(18-10(3)17-13)19-8-5-6-11(19)12(15)20/h11H,4-8H2,1-3H3,(H2,15,20)(H,16,17,18). The molecule has 3 N–H and O–H groups in total. The number of carbonyl (C=O) groups is 1. The lowest BCUT2D eigenvalue weighted by atomic mass is 10.2. The third kappa shape index (κ3) is 2.84. The van der Waals surface area contributed by atoms with Gasteiger partial charge in [0, 0.05) is 18.7 Å². The summed E-state index contributed by atoms with van der Waals surface area (Å²) in [6.07, 6.45) is 2.80. The van der Waals surface area contributed by atoms with Crippen LogP contribution in [0.15, 0.2) is 0 Å². The molecule has 20 heavy (non-hydrogen) atoms. The van der Waals surface area contributed by atoms with E-state index in [1.54, 1.807) is 0 Å². The van der Waals surface area contributed by atoms with Crippen LogP contribution in [0.4, 0.5) is 11.6 Å². The fourth-order valence-corrected chi connectivity index (χ4v) is 2.62. The summed E-state index contributed by atoms with van der Waals surface area (Å²) in [4.78, 5) is 22.5. The third-order valence-corrected chi connectivity index (χ3v) is 3.63. The van der Waals surface area contributed by atoms with Gasteiger partial charge in [0.05, 0.1) is 0 Å². The lowest BCUT2D eigenvalue weighted by Gasteiger charge is -2.26. The molecule has 1 atom stereocenters.